The summed E-state index contributed by atoms with van der Waals surface area (Å²) in [5, 5.41) is 9.31. The maximum absolute atomic E-state index is 9.31. The first-order valence-corrected chi connectivity index (χ1v) is 7.50. The van der Waals surface area contributed by atoms with Crippen LogP contribution in [0, 0.1) is 0 Å². The van der Waals surface area contributed by atoms with E-state index in [2.05, 4.69) is 17.9 Å². The van der Waals surface area contributed by atoms with Gasteiger partial charge in [-0.05, 0) is 42.7 Å². The van der Waals surface area contributed by atoms with Gasteiger partial charge in [-0.15, -0.1) is 0 Å². The van der Waals surface area contributed by atoms with Crippen molar-refractivity contribution in [3.63, 3.8) is 0 Å². The molecule has 1 heterocycles. The number of aromatic hydroxyl groups is 1. The minimum atomic E-state index is 0.345. The lowest BCUT2D eigenvalue weighted by atomic mass is 9.99. The SMILES string of the molecule is CCCCCCN1CC=C(c2ccc(O)cc2)CC1. The summed E-state index contributed by atoms with van der Waals surface area (Å²) in [5.74, 6) is 0.345. The Morgan fingerprint density at radius 2 is 1.89 bits per heavy atom. The molecule has 0 bridgehead atoms. The molecular formula is C17H25NO. The third kappa shape index (κ3) is 4.39. The van der Waals surface area contributed by atoms with Crippen molar-refractivity contribution in [3.05, 3.63) is 35.9 Å². The fraction of sp³-hybridized carbons (Fsp3) is 0.529. The summed E-state index contributed by atoms with van der Waals surface area (Å²) in [7, 11) is 0. The van der Waals surface area contributed by atoms with Gasteiger partial charge in [0.05, 0.1) is 0 Å². The molecule has 0 aromatic heterocycles. The van der Waals surface area contributed by atoms with Crippen molar-refractivity contribution in [2.45, 2.75) is 39.0 Å². The lowest BCUT2D eigenvalue weighted by Gasteiger charge is -2.26. The Kier molecular flexibility index (Phi) is 5.46. The van der Waals surface area contributed by atoms with Crippen LogP contribution in [0.4, 0.5) is 0 Å². The normalized spacial score (nSPS) is 16.4. The van der Waals surface area contributed by atoms with Gasteiger partial charge in [-0.25, -0.2) is 0 Å². The molecule has 1 aliphatic rings. The Bertz CT molecular complexity index is 408. The molecule has 1 aromatic carbocycles. The van der Waals surface area contributed by atoms with Crippen LogP contribution in [-0.4, -0.2) is 29.6 Å². The second kappa shape index (κ2) is 7.34. The van der Waals surface area contributed by atoms with E-state index in [1.54, 1.807) is 12.1 Å². The van der Waals surface area contributed by atoms with Crippen LogP contribution in [0.25, 0.3) is 5.57 Å². The lowest BCUT2D eigenvalue weighted by molar-refractivity contribution is 0.294. The van der Waals surface area contributed by atoms with E-state index >= 15 is 0 Å². The molecule has 104 valence electrons. The number of hydrogen-bond acceptors (Lipinski definition) is 2. The molecule has 0 radical (unpaired) electrons. The molecule has 0 spiro atoms. The molecule has 1 N–H and O–H groups in total. The maximum Gasteiger partial charge on any atom is 0.115 e. The van der Waals surface area contributed by atoms with E-state index in [1.807, 2.05) is 12.1 Å². The molecular weight excluding hydrogens is 234 g/mol. The van der Waals surface area contributed by atoms with Gasteiger partial charge in [0.1, 0.15) is 5.75 Å². The molecule has 19 heavy (non-hydrogen) atoms. The van der Waals surface area contributed by atoms with Crippen LogP contribution >= 0.6 is 0 Å². The van der Waals surface area contributed by atoms with Crippen LogP contribution in [0.5, 0.6) is 5.75 Å². The smallest absolute Gasteiger partial charge is 0.115 e. The number of nitrogens with zero attached hydrogens (tertiary/aromatic N) is 1. The summed E-state index contributed by atoms with van der Waals surface area (Å²) in [6.45, 7) is 5.73. The molecule has 0 aliphatic carbocycles. The Morgan fingerprint density at radius 3 is 2.53 bits per heavy atom. The van der Waals surface area contributed by atoms with Crippen molar-refractivity contribution in [3.8, 4) is 5.75 Å². The zero-order valence-electron chi connectivity index (χ0n) is 11.9. The molecule has 2 nitrogen and oxygen atoms in total. The molecule has 1 aliphatic heterocycles. The number of hydrogen-bond donors (Lipinski definition) is 1. The van der Waals surface area contributed by atoms with Crippen LogP contribution < -0.4 is 0 Å². The first kappa shape index (κ1) is 14.1. The van der Waals surface area contributed by atoms with Crippen LogP contribution in [-0.2, 0) is 0 Å². The van der Waals surface area contributed by atoms with E-state index in [0.717, 1.165) is 13.0 Å². The van der Waals surface area contributed by atoms with E-state index < -0.39 is 0 Å². The molecule has 0 atom stereocenters. The summed E-state index contributed by atoms with van der Waals surface area (Å²) < 4.78 is 0. The quantitative estimate of drug-likeness (QED) is 0.779. The van der Waals surface area contributed by atoms with Gasteiger partial charge in [-0.2, -0.15) is 0 Å². The van der Waals surface area contributed by atoms with Gasteiger partial charge in [-0.1, -0.05) is 44.4 Å². The molecule has 0 fully saturated rings. The standard InChI is InChI=1S/C17H25NO/c1-2-3-4-5-12-18-13-10-16(11-14-18)15-6-8-17(19)9-7-15/h6-10,19H,2-5,11-14H2,1H3. The van der Waals surface area contributed by atoms with Gasteiger partial charge in [0.2, 0.25) is 0 Å². The number of rotatable bonds is 6. The Morgan fingerprint density at radius 1 is 1.11 bits per heavy atom. The predicted molar refractivity (Wildman–Crippen MR) is 81.3 cm³/mol. The minimum absolute atomic E-state index is 0.345. The molecule has 0 saturated heterocycles. The third-order valence-electron chi connectivity index (χ3n) is 3.86. The van der Waals surface area contributed by atoms with Gasteiger partial charge in [0.25, 0.3) is 0 Å². The fourth-order valence-electron chi connectivity index (χ4n) is 2.61. The largest absolute Gasteiger partial charge is 0.508 e. The van der Waals surface area contributed by atoms with Crippen LogP contribution in [0.3, 0.4) is 0 Å². The zero-order valence-corrected chi connectivity index (χ0v) is 11.9. The Labute approximate surface area is 116 Å². The Balaban J connectivity index is 1.81. The lowest BCUT2D eigenvalue weighted by Crippen LogP contribution is -2.29. The van der Waals surface area contributed by atoms with Crippen molar-refractivity contribution < 1.29 is 5.11 Å². The van der Waals surface area contributed by atoms with Gasteiger partial charge < -0.3 is 5.11 Å². The van der Waals surface area contributed by atoms with E-state index in [4.69, 9.17) is 0 Å². The van der Waals surface area contributed by atoms with Gasteiger partial charge in [0, 0.05) is 13.1 Å². The summed E-state index contributed by atoms with van der Waals surface area (Å²) in [5.41, 5.74) is 2.67. The minimum Gasteiger partial charge on any atom is -0.508 e. The number of unbranched alkanes of at least 4 members (excludes halogenated alkanes) is 3. The van der Waals surface area contributed by atoms with E-state index in [9.17, 15) is 5.11 Å². The predicted octanol–water partition coefficient (Wildman–Crippen LogP) is 4.06. The number of benzene rings is 1. The van der Waals surface area contributed by atoms with E-state index in [-0.39, 0.29) is 0 Å². The topological polar surface area (TPSA) is 23.5 Å². The van der Waals surface area contributed by atoms with Crippen LogP contribution in [0.1, 0.15) is 44.6 Å². The second-order valence-corrected chi connectivity index (χ2v) is 5.39. The highest BCUT2D eigenvalue weighted by Crippen LogP contribution is 2.24. The second-order valence-electron chi connectivity index (χ2n) is 5.39. The molecule has 2 rings (SSSR count). The molecule has 0 saturated carbocycles. The average molecular weight is 259 g/mol. The first-order valence-electron chi connectivity index (χ1n) is 7.50. The molecule has 0 amide bonds. The molecule has 2 heteroatoms. The number of phenolic OH excluding ortho intramolecular Hbond substituents is 1. The third-order valence-corrected chi connectivity index (χ3v) is 3.86. The number of phenols is 1. The summed E-state index contributed by atoms with van der Waals surface area (Å²) in [6, 6.07) is 7.57. The summed E-state index contributed by atoms with van der Waals surface area (Å²) >= 11 is 0. The van der Waals surface area contributed by atoms with Crippen molar-refractivity contribution in [2.24, 2.45) is 0 Å². The van der Waals surface area contributed by atoms with Crippen molar-refractivity contribution in [1.29, 1.82) is 0 Å². The van der Waals surface area contributed by atoms with Gasteiger partial charge in [0.15, 0.2) is 0 Å². The zero-order chi connectivity index (χ0) is 13.5. The summed E-state index contributed by atoms with van der Waals surface area (Å²) in [6.07, 6.45) is 8.83. The fourth-order valence-corrected chi connectivity index (χ4v) is 2.61. The summed E-state index contributed by atoms with van der Waals surface area (Å²) in [4.78, 5) is 2.54. The van der Waals surface area contributed by atoms with Crippen molar-refractivity contribution in [1.82, 2.24) is 4.90 Å². The van der Waals surface area contributed by atoms with Crippen molar-refractivity contribution >= 4 is 5.57 Å². The maximum atomic E-state index is 9.31. The monoisotopic (exact) mass is 259 g/mol. The van der Waals surface area contributed by atoms with E-state index in [1.165, 1.54) is 49.9 Å². The van der Waals surface area contributed by atoms with Gasteiger partial charge >= 0.3 is 0 Å². The van der Waals surface area contributed by atoms with Gasteiger partial charge in [-0.3, -0.25) is 4.90 Å². The van der Waals surface area contributed by atoms with Crippen molar-refractivity contribution in [2.75, 3.05) is 19.6 Å². The van der Waals surface area contributed by atoms with Crippen LogP contribution in [0.15, 0.2) is 30.3 Å². The highest BCUT2D eigenvalue weighted by molar-refractivity contribution is 5.67. The Hall–Kier alpha value is -1.28. The highest BCUT2D eigenvalue weighted by Gasteiger charge is 2.12. The molecule has 0 unspecified atom stereocenters. The van der Waals surface area contributed by atoms with Crippen LogP contribution in [0.2, 0.25) is 0 Å². The first-order chi connectivity index (χ1) is 9.29. The van der Waals surface area contributed by atoms with E-state index in [0.29, 0.717) is 5.75 Å². The average Bonchev–Trinajstić information content (AvgIpc) is 2.45. The molecule has 1 aromatic rings. The highest BCUT2D eigenvalue weighted by atomic mass is 16.3.